The van der Waals surface area contributed by atoms with Crippen molar-refractivity contribution in [3.8, 4) is 0 Å². The molecule has 0 saturated carbocycles. The molecule has 1 aromatic heterocycles. The van der Waals surface area contributed by atoms with Crippen LogP contribution in [0.3, 0.4) is 0 Å². The number of nitrogens with one attached hydrogen (secondary N) is 1. The molecular weight excluding hydrogens is 352 g/mol. The Morgan fingerprint density at radius 3 is 2.77 bits per heavy atom. The van der Waals surface area contributed by atoms with Crippen LogP contribution in [-0.4, -0.2) is 63.6 Å². The summed E-state index contributed by atoms with van der Waals surface area (Å²) in [4.78, 5) is 15.6. The molecule has 26 heavy (non-hydrogen) atoms. The number of tetrazole rings is 1. The van der Waals surface area contributed by atoms with Crippen LogP contribution in [0, 0.1) is 0 Å². The second kappa shape index (κ2) is 9.65. The van der Waals surface area contributed by atoms with E-state index in [1.807, 2.05) is 18.4 Å². The van der Waals surface area contributed by atoms with Crippen molar-refractivity contribution in [3.05, 3.63) is 35.7 Å². The highest BCUT2D eigenvalue weighted by atomic mass is 32.2. The number of carbonyl (C=O) groups excluding carboxylic acids is 1. The Kier molecular flexibility index (Phi) is 6.98. The average molecular weight is 376 g/mol. The van der Waals surface area contributed by atoms with Gasteiger partial charge in [-0.05, 0) is 34.4 Å². The first-order valence-electron chi connectivity index (χ1n) is 8.69. The number of hydrogen-bond acceptors (Lipinski definition) is 7. The Hall–Kier alpha value is -1.97. The topological polar surface area (TPSA) is 85.2 Å². The molecule has 1 fully saturated rings. The maximum absolute atomic E-state index is 12.1. The normalized spacial score (nSPS) is 15.1. The molecule has 0 atom stereocenters. The van der Waals surface area contributed by atoms with Crippen LogP contribution in [0.1, 0.15) is 17.8 Å². The third-order valence-electron chi connectivity index (χ3n) is 4.27. The maximum Gasteiger partial charge on any atom is 0.222 e. The van der Waals surface area contributed by atoms with Gasteiger partial charge in [0.1, 0.15) is 0 Å². The third kappa shape index (κ3) is 5.52. The van der Waals surface area contributed by atoms with Crippen LogP contribution in [0.4, 0.5) is 0 Å². The lowest BCUT2D eigenvalue weighted by Gasteiger charge is -2.25. The number of nitrogens with zero attached hydrogens (tertiary/aromatic N) is 5. The fourth-order valence-corrected chi connectivity index (χ4v) is 3.12. The van der Waals surface area contributed by atoms with E-state index in [1.54, 1.807) is 16.4 Å². The van der Waals surface area contributed by atoms with Gasteiger partial charge in [-0.15, -0.1) is 16.9 Å². The van der Waals surface area contributed by atoms with Gasteiger partial charge in [0.2, 0.25) is 5.91 Å². The van der Waals surface area contributed by atoms with Gasteiger partial charge in [-0.3, -0.25) is 9.69 Å². The molecule has 0 spiro atoms. The molecule has 2 heterocycles. The average Bonchev–Trinajstić information content (AvgIpc) is 3.13. The van der Waals surface area contributed by atoms with Crippen molar-refractivity contribution < 1.29 is 9.53 Å². The molecule has 0 unspecified atom stereocenters. The number of rotatable bonds is 8. The molecule has 1 N–H and O–H groups in total. The standard InChI is InChI=1S/C17H24N6O2S/c1-26-15-4-2-14(3-5-15)12-18-17(24)6-7-23-16(19-20-21-23)13-22-8-10-25-11-9-22/h2-5H,6-13H2,1H3,(H,18,24). The monoisotopic (exact) mass is 376 g/mol. The summed E-state index contributed by atoms with van der Waals surface area (Å²) in [5.74, 6) is 0.777. The van der Waals surface area contributed by atoms with Crippen molar-refractivity contribution in [1.29, 1.82) is 0 Å². The van der Waals surface area contributed by atoms with Crippen LogP contribution in [0.2, 0.25) is 0 Å². The molecule has 2 aromatic rings. The van der Waals surface area contributed by atoms with Gasteiger partial charge in [0.15, 0.2) is 5.82 Å². The van der Waals surface area contributed by atoms with Crippen molar-refractivity contribution in [1.82, 2.24) is 30.4 Å². The molecule has 1 aliphatic rings. The van der Waals surface area contributed by atoms with Crippen LogP contribution in [0.5, 0.6) is 0 Å². The van der Waals surface area contributed by atoms with E-state index in [2.05, 4.69) is 37.9 Å². The van der Waals surface area contributed by atoms with E-state index in [-0.39, 0.29) is 5.91 Å². The molecule has 140 valence electrons. The summed E-state index contributed by atoms with van der Waals surface area (Å²) in [5.41, 5.74) is 1.09. The molecule has 1 amide bonds. The zero-order valence-corrected chi connectivity index (χ0v) is 15.7. The van der Waals surface area contributed by atoms with Gasteiger partial charge >= 0.3 is 0 Å². The number of hydrogen-bond donors (Lipinski definition) is 1. The Morgan fingerprint density at radius 2 is 2.04 bits per heavy atom. The minimum atomic E-state index is -0.00762. The van der Waals surface area contributed by atoms with Crippen LogP contribution in [-0.2, 0) is 29.2 Å². The SMILES string of the molecule is CSc1ccc(CNC(=O)CCn2nnnc2CN2CCOCC2)cc1. The zero-order valence-electron chi connectivity index (χ0n) is 14.9. The number of aromatic nitrogens is 4. The summed E-state index contributed by atoms with van der Waals surface area (Å²) in [7, 11) is 0. The number of benzene rings is 1. The van der Waals surface area contributed by atoms with Gasteiger partial charge < -0.3 is 10.1 Å². The Bertz CT molecular complexity index is 700. The van der Waals surface area contributed by atoms with Crippen molar-refractivity contribution >= 4 is 17.7 Å². The molecule has 0 aliphatic carbocycles. The van der Waals surface area contributed by atoms with Gasteiger partial charge in [0.25, 0.3) is 0 Å². The smallest absolute Gasteiger partial charge is 0.222 e. The third-order valence-corrected chi connectivity index (χ3v) is 5.02. The molecule has 0 bridgehead atoms. The molecule has 9 heteroatoms. The quantitative estimate of drug-likeness (QED) is 0.686. The minimum absolute atomic E-state index is 0.00762. The van der Waals surface area contributed by atoms with E-state index < -0.39 is 0 Å². The van der Waals surface area contributed by atoms with Crippen LogP contribution >= 0.6 is 11.8 Å². The van der Waals surface area contributed by atoms with E-state index in [0.29, 0.717) is 26.1 Å². The fourth-order valence-electron chi connectivity index (χ4n) is 2.71. The van der Waals surface area contributed by atoms with Crippen molar-refractivity contribution in [2.24, 2.45) is 0 Å². The van der Waals surface area contributed by atoms with Gasteiger partial charge in [0.05, 0.1) is 26.3 Å². The lowest BCUT2D eigenvalue weighted by molar-refractivity contribution is -0.121. The number of thioether (sulfide) groups is 1. The number of amides is 1. The second-order valence-electron chi connectivity index (χ2n) is 6.08. The van der Waals surface area contributed by atoms with Crippen LogP contribution in [0.25, 0.3) is 0 Å². The predicted molar refractivity (Wildman–Crippen MR) is 98.6 cm³/mol. The first kappa shape index (κ1) is 18.8. The highest BCUT2D eigenvalue weighted by molar-refractivity contribution is 7.98. The summed E-state index contributed by atoms with van der Waals surface area (Å²) in [6.07, 6.45) is 2.40. The highest BCUT2D eigenvalue weighted by Gasteiger charge is 2.15. The molecule has 8 nitrogen and oxygen atoms in total. The molecular formula is C17H24N6O2S. The largest absolute Gasteiger partial charge is 0.379 e. The van der Waals surface area contributed by atoms with Crippen LogP contribution in [0.15, 0.2) is 29.2 Å². The lowest BCUT2D eigenvalue weighted by Crippen LogP contribution is -2.36. The molecule has 1 aliphatic heterocycles. The van der Waals surface area contributed by atoms with Gasteiger partial charge in [-0.2, -0.15) is 0 Å². The van der Waals surface area contributed by atoms with Gasteiger partial charge in [-0.25, -0.2) is 4.68 Å². The Labute approximate surface area is 157 Å². The number of ether oxygens (including phenoxy) is 1. The van der Waals surface area contributed by atoms with E-state index in [1.165, 1.54) is 4.90 Å². The van der Waals surface area contributed by atoms with Gasteiger partial charge in [-0.1, -0.05) is 12.1 Å². The summed E-state index contributed by atoms with van der Waals surface area (Å²) in [5, 5.41) is 14.8. The van der Waals surface area contributed by atoms with Crippen molar-refractivity contribution in [2.45, 2.75) is 31.0 Å². The molecule has 1 saturated heterocycles. The van der Waals surface area contributed by atoms with E-state index in [9.17, 15) is 4.79 Å². The fraction of sp³-hybridized carbons (Fsp3) is 0.529. The van der Waals surface area contributed by atoms with E-state index in [4.69, 9.17) is 4.74 Å². The van der Waals surface area contributed by atoms with Crippen LogP contribution < -0.4 is 5.32 Å². The number of morpholine rings is 1. The Morgan fingerprint density at radius 1 is 1.27 bits per heavy atom. The second-order valence-corrected chi connectivity index (χ2v) is 6.96. The minimum Gasteiger partial charge on any atom is -0.379 e. The molecule has 3 rings (SSSR count). The predicted octanol–water partition coefficient (Wildman–Crippen LogP) is 0.934. The zero-order chi connectivity index (χ0) is 18.2. The first-order chi connectivity index (χ1) is 12.7. The molecule has 0 radical (unpaired) electrons. The highest BCUT2D eigenvalue weighted by Crippen LogP contribution is 2.14. The Balaban J connectivity index is 1.43. The van der Waals surface area contributed by atoms with Gasteiger partial charge in [0, 0.05) is 31.0 Å². The summed E-state index contributed by atoms with van der Waals surface area (Å²) >= 11 is 1.70. The lowest BCUT2D eigenvalue weighted by atomic mass is 10.2. The summed E-state index contributed by atoms with van der Waals surface area (Å²) < 4.78 is 7.06. The van der Waals surface area contributed by atoms with Crippen molar-refractivity contribution in [3.63, 3.8) is 0 Å². The maximum atomic E-state index is 12.1. The molecule has 1 aromatic carbocycles. The first-order valence-corrected chi connectivity index (χ1v) is 9.92. The van der Waals surface area contributed by atoms with E-state index >= 15 is 0 Å². The van der Waals surface area contributed by atoms with E-state index in [0.717, 1.165) is 37.7 Å². The number of aryl methyl sites for hydroxylation is 1. The summed E-state index contributed by atoms with van der Waals surface area (Å²) in [6.45, 7) is 4.92. The summed E-state index contributed by atoms with van der Waals surface area (Å²) in [6, 6.07) is 8.19. The number of carbonyl (C=O) groups is 1. The van der Waals surface area contributed by atoms with Crippen molar-refractivity contribution in [2.75, 3.05) is 32.6 Å².